The first-order valence-corrected chi connectivity index (χ1v) is 6.34. The van der Waals surface area contributed by atoms with Crippen LogP contribution < -0.4 is 0 Å². The normalized spacial score (nSPS) is 15.2. The van der Waals surface area contributed by atoms with E-state index < -0.39 is 0 Å². The van der Waals surface area contributed by atoms with Crippen molar-refractivity contribution in [3.05, 3.63) is 39.6 Å². The molecular weight excluding hydrogens is 257 g/mol. The Bertz CT molecular complexity index is 553. The fraction of sp³-hybridized carbons (Fsp3) is 0.308. The summed E-state index contributed by atoms with van der Waals surface area (Å²) >= 11 is 12.3. The molecule has 1 fully saturated rings. The minimum Gasteiger partial charge on any atom is -0.360 e. The van der Waals surface area contributed by atoms with Crippen molar-refractivity contribution in [2.24, 2.45) is 0 Å². The molecule has 1 heterocycles. The molecule has 0 bridgehead atoms. The zero-order valence-corrected chi connectivity index (χ0v) is 10.8. The van der Waals surface area contributed by atoms with Crippen molar-refractivity contribution in [1.82, 2.24) is 5.16 Å². The maximum absolute atomic E-state index is 6.17. The Kier molecular flexibility index (Phi) is 2.64. The lowest BCUT2D eigenvalue weighted by atomic mass is 10.1. The highest BCUT2D eigenvalue weighted by molar-refractivity contribution is 6.39. The molecule has 0 unspecified atom stereocenters. The molecule has 1 aromatic heterocycles. The van der Waals surface area contributed by atoms with Gasteiger partial charge in [0.1, 0.15) is 11.5 Å². The van der Waals surface area contributed by atoms with E-state index in [0.29, 0.717) is 16.0 Å². The van der Waals surface area contributed by atoms with Gasteiger partial charge in [0, 0.05) is 17.0 Å². The van der Waals surface area contributed by atoms with Crippen LogP contribution in [0.2, 0.25) is 10.0 Å². The molecule has 2 nitrogen and oxygen atoms in total. The minimum atomic E-state index is 0.539. The van der Waals surface area contributed by atoms with Crippen molar-refractivity contribution in [1.29, 1.82) is 0 Å². The molecule has 3 rings (SSSR count). The van der Waals surface area contributed by atoms with Crippen LogP contribution in [0.4, 0.5) is 0 Å². The molecule has 0 amide bonds. The number of aromatic nitrogens is 1. The van der Waals surface area contributed by atoms with Crippen LogP contribution in [0.5, 0.6) is 0 Å². The average molecular weight is 268 g/mol. The molecule has 1 aromatic carbocycles. The van der Waals surface area contributed by atoms with E-state index in [1.807, 2.05) is 25.1 Å². The van der Waals surface area contributed by atoms with E-state index in [-0.39, 0.29) is 0 Å². The topological polar surface area (TPSA) is 26.0 Å². The van der Waals surface area contributed by atoms with Crippen LogP contribution in [-0.4, -0.2) is 5.16 Å². The van der Waals surface area contributed by atoms with Crippen molar-refractivity contribution >= 4 is 23.2 Å². The summed E-state index contributed by atoms with van der Waals surface area (Å²) in [7, 11) is 0. The zero-order chi connectivity index (χ0) is 12.0. The summed E-state index contributed by atoms with van der Waals surface area (Å²) in [6.45, 7) is 2.01. The summed E-state index contributed by atoms with van der Waals surface area (Å²) in [4.78, 5) is 0. The van der Waals surface area contributed by atoms with Gasteiger partial charge in [-0.2, -0.15) is 0 Å². The molecule has 2 aromatic rings. The van der Waals surface area contributed by atoms with E-state index in [1.54, 1.807) is 0 Å². The Hall–Kier alpha value is -0.990. The molecule has 88 valence electrons. The van der Waals surface area contributed by atoms with Crippen LogP contribution in [-0.2, 0) is 0 Å². The molecule has 0 radical (unpaired) electrons. The number of halogens is 2. The van der Waals surface area contributed by atoms with Crippen LogP contribution in [0.25, 0.3) is 11.3 Å². The predicted molar refractivity (Wildman–Crippen MR) is 68.7 cm³/mol. The van der Waals surface area contributed by atoms with Crippen molar-refractivity contribution in [3.8, 4) is 11.3 Å². The lowest BCUT2D eigenvalue weighted by Crippen LogP contribution is -1.85. The van der Waals surface area contributed by atoms with Crippen molar-refractivity contribution in [2.75, 3.05) is 0 Å². The molecule has 0 aliphatic heterocycles. The van der Waals surface area contributed by atoms with Crippen molar-refractivity contribution < 1.29 is 4.52 Å². The highest BCUT2D eigenvalue weighted by Gasteiger charge is 2.31. The summed E-state index contributed by atoms with van der Waals surface area (Å²) in [5.74, 6) is 1.52. The molecule has 1 saturated carbocycles. The van der Waals surface area contributed by atoms with E-state index in [1.165, 1.54) is 12.8 Å². The smallest absolute Gasteiger partial charge is 0.143 e. The van der Waals surface area contributed by atoms with Gasteiger partial charge in [0.05, 0.1) is 10.0 Å². The first-order valence-electron chi connectivity index (χ1n) is 5.59. The van der Waals surface area contributed by atoms with Gasteiger partial charge in [-0.3, -0.25) is 0 Å². The SMILES string of the molecule is Cc1c(-c2c(Cl)cccc2Cl)noc1C1CC1. The molecule has 17 heavy (non-hydrogen) atoms. The van der Waals surface area contributed by atoms with Crippen LogP contribution >= 0.6 is 23.2 Å². The summed E-state index contributed by atoms with van der Waals surface area (Å²) in [5.41, 5.74) is 2.59. The lowest BCUT2D eigenvalue weighted by molar-refractivity contribution is 0.385. The highest BCUT2D eigenvalue weighted by Crippen LogP contribution is 2.45. The molecule has 1 aliphatic carbocycles. The van der Waals surface area contributed by atoms with E-state index in [9.17, 15) is 0 Å². The first kappa shape index (κ1) is 11.1. The van der Waals surface area contributed by atoms with Crippen LogP contribution in [0, 0.1) is 6.92 Å². The number of rotatable bonds is 2. The molecule has 0 saturated heterocycles. The van der Waals surface area contributed by atoms with Gasteiger partial charge in [-0.15, -0.1) is 0 Å². The van der Waals surface area contributed by atoms with Gasteiger partial charge in [-0.1, -0.05) is 34.4 Å². The Morgan fingerprint density at radius 1 is 1.24 bits per heavy atom. The van der Waals surface area contributed by atoms with Crippen molar-refractivity contribution in [3.63, 3.8) is 0 Å². The lowest BCUT2D eigenvalue weighted by Gasteiger charge is -2.03. The van der Waals surface area contributed by atoms with Crippen LogP contribution in [0.15, 0.2) is 22.7 Å². The van der Waals surface area contributed by atoms with E-state index in [4.69, 9.17) is 27.7 Å². The summed E-state index contributed by atoms with van der Waals surface area (Å²) in [5, 5.41) is 5.34. The van der Waals surface area contributed by atoms with Gasteiger partial charge in [0.2, 0.25) is 0 Å². The van der Waals surface area contributed by atoms with Gasteiger partial charge < -0.3 is 4.52 Å². The van der Waals surface area contributed by atoms with Crippen LogP contribution in [0.3, 0.4) is 0 Å². The third kappa shape index (κ3) is 1.85. The summed E-state index contributed by atoms with van der Waals surface area (Å²) < 4.78 is 5.42. The van der Waals surface area contributed by atoms with E-state index in [2.05, 4.69) is 5.16 Å². The van der Waals surface area contributed by atoms with Crippen molar-refractivity contribution in [2.45, 2.75) is 25.7 Å². The number of benzene rings is 1. The average Bonchev–Trinajstić information content (AvgIpc) is 3.05. The van der Waals surface area contributed by atoms with Gasteiger partial charge in [-0.25, -0.2) is 0 Å². The fourth-order valence-electron chi connectivity index (χ4n) is 2.03. The Balaban J connectivity index is 2.15. The molecule has 0 atom stereocenters. The number of hydrogen-bond donors (Lipinski definition) is 0. The standard InChI is InChI=1S/C13H11Cl2NO/c1-7-12(16-17-13(7)8-5-6-8)11-9(14)3-2-4-10(11)15/h2-4,8H,5-6H2,1H3. The second kappa shape index (κ2) is 4.04. The van der Waals surface area contributed by atoms with Gasteiger partial charge in [0.25, 0.3) is 0 Å². The fourth-order valence-corrected chi connectivity index (χ4v) is 2.61. The Labute approximate surface area is 110 Å². The maximum Gasteiger partial charge on any atom is 0.143 e. The highest BCUT2D eigenvalue weighted by atomic mass is 35.5. The third-order valence-electron chi connectivity index (χ3n) is 3.11. The Morgan fingerprint density at radius 3 is 2.47 bits per heavy atom. The minimum absolute atomic E-state index is 0.539. The van der Waals surface area contributed by atoms with E-state index >= 15 is 0 Å². The third-order valence-corrected chi connectivity index (χ3v) is 3.74. The van der Waals surface area contributed by atoms with Crippen LogP contribution in [0.1, 0.15) is 30.1 Å². The van der Waals surface area contributed by atoms with E-state index in [0.717, 1.165) is 22.6 Å². The molecule has 4 heteroatoms. The van der Waals surface area contributed by atoms with Gasteiger partial charge in [-0.05, 0) is 31.9 Å². The molecular formula is C13H11Cl2NO. The zero-order valence-electron chi connectivity index (χ0n) is 9.34. The monoisotopic (exact) mass is 267 g/mol. The van der Waals surface area contributed by atoms with Gasteiger partial charge >= 0.3 is 0 Å². The molecule has 0 spiro atoms. The number of nitrogens with zero attached hydrogens (tertiary/aromatic N) is 1. The first-order chi connectivity index (χ1) is 8.18. The Morgan fingerprint density at radius 2 is 1.88 bits per heavy atom. The van der Waals surface area contributed by atoms with Gasteiger partial charge in [0.15, 0.2) is 0 Å². The number of hydrogen-bond acceptors (Lipinski definition) is 2. The maximum atomic E-state index is 6.17. The second-order valence-corrected chi connectivity index (χ2v) is 5.21. The predicted octanol–water partition coefficient (Wildman–Crippen LogP) is 4.83. The molecule has 1 aliphatic rings. The molecule has 0 N–H and O–H groups in total. The summed E-state index contributed by atoms with van der Waals surface area (Å²) in [6.07, 6.45) is 2.37. The largest absolute Gasteiger partial charge is 0.360 e. The summed E-state index contributed by atoms with van der Waals surface area (Å²) in [6, 6.07) is 5.45. The second-order valence-electron chi connectivity index (χ2n) is 4.39. The quantitative estimate of drug-likeness (QED) is 0.779.